The van der Waals surface area contributed by atoms with E-state index in [1.807, 2.05) is 16.0 Å². The molecule has 0 amide bonds. The molecule has 0 atom stereocenters. The van der Waals surface area contributed by atoms with Crippen molar-refractivity contribution in [2.45, 2.75) is 6.54 Å². The minimum absolute atomic E-state index is 0.342. The highest BCUT2D eigenvalue weighted by atomic mass is 32.1. The van der Waals surface area contributed by atoms with Gasteiger partial charge in [-0.3, -0.25) is 4.40 Å². The van der Waals surface area contributed by atoms with Crippen LogP contribution in [0.25, 0.3) is 4.96 Å². The first-order valence-electron chi connectivity index (χ1n) is 6.30. The number of methoxy groups -OCH3 is 2. The van der Waals surface area contributed by atoms with Crippen molar-refractivity contribution in [3.05, 3.63) is 35.5 Å². The molecule has 7 heteroatoms. The highest BCUT2D eigenvalue weighted by molar-refractivity contribution is 7.15. The fourth-order valence-electron chi connectivity index (χ4n) is 2.03. The number of rotatable bonds is 5. The van der Waals surface area contributed by atoms with Crippen LogP contribution in [0, 0.1) is 0 Å². The Morgan fingerprint density at radius 2 is 1.81 bits per heavy atom. The van der Waals surface area contributed by atoms with Crippen molar-refractivity contribution in [3.63, 3.8) is 0 Å². The van der Waals surface area contributed by atoms with Crippen molar-refractivity contribution in [3.8, 4) is 23.1 Å². The Balaban J connectivity index is 1.99. The highest BCUT2D eigenvalue weighted by Gasteiger charge is 2.14. The molecule has 0 saturated carbocycles. The number of thiazole rings is 1. The molecule has 110 valence electrons. The summed E-state index contributed by atoms with van der Waals surface area (Å²) < 4.78 is 18.2. The number of benzene rings is 1. The molecule has 2 N–H and O–H groups in total. The number of hydrogen-bond donors (Lipinski definition) is 1. The predicted molar refractivity (Wildman–Crippen MR) is 80.6 cm³/mol. The van der Waals surface area contributed by atoms with Crippen molar-refractivity contribution in [2.24, 2.45) is 5.73 Å². The highest BCUT2D eigenvalue weighted by Crippen LogP contribution is 2.32. The first-order valence-corrected chi connectivity index (χ1v) is 7.18. The molecule has 0 bridgehead atoms. The maximum absolute atomic E-state index is 5.86. The van der Waals surface area contributed by atoms with E-state index in [1.54, 1.807) is 32.4 Å². The van der Waals surface area contributed by atoms with Crippen LogP contribution in [0.1, 0.15) is 5.69 Å². The van der Waals surface area contributed by atoms with Gasteiger partial charge in [0.1, 0.15) is 22.9 Å². The van der Waals surface area contributed by atoms with Crippen molar-refractivity contribution < 1.29 is 14.2 Å². The smallest absolute Gasteiger partial charge is 0.243 e. The van der Waals surface area contributed by atoms with Gasteiger partial charge in [0, 0.05) is 36.3 Å². The lowest BCUT2D eigenvalue weighted by Gasteiger charge is -2.09. The predicted octanol–water partition coefficient (Wildman–Crippen LogP) is 2.66. The van der Waals surface area contributed by atoms with Crippen LogP contribution in [0.5, 0.6) is 23.1 Å². The molecule has 21 heavy (non-hydrogen) atoms. The summed E-state index contributed by atoms with van der Waals surface area (Å²) in [5.41, 5.74) is 6.63. The Morgan fingerprint density at radius 1 is 1.14 bits per heavy atom. The van der Waals surface area contributed by atoms with Crippen LogP contribution in [-0.2, 0) is 6.54 Å². The van der Waals surface area contributed by atoms with E-state index < -0.39 is 0 Å². The maximum Gasteiger partial charge on any atom is 0.243 e. The first-order chi connectivity index (χ1) is 10.2. The van der Waals surface area contributed by atoms with E-state index in [0.29, 0.717) is 29.7 Å². The zero-order valence-electron chi connectivity index (χ0n) is 11.7. The number of fused-ring (bicyclic) bond motifs is 1. The summed E-state index contributed by atoms with van der Waals surface area (Å²) in [4.78, 5) is 5.29. The number of imidazole rings is 1. The SMILES string of the molecule is COc1cc(OC)cc(Oc2nc3sccn3c2CN)c1. The monoisotopic (exact) mass is 305 g/mol. The van der Waals surface area contributed by atoms with E-state index >= 15 is 0 Å². The van der Waals surface area contributed by atoms with Gasteiger partial charge in [-0.25, -0.2) is 0 Å². The van der Waals surface area contributed by atoms with E-state index in [-0.39, 0.29) is 0 Å². The van der Waals surface area contributed by atoms with Crippen LogP contribution < -0.4 is 19.9 Å². The number of nitrogens with zero attached hydrogens (tertiary/aromatic N) is 2. The molecule has 0 spiro atoms. The number of ether oxygens (including phenoxy) is 3. The van der Waals surface area contributed by atoms with Crippen molar-refractivity contribution >= 4 is 16.3 Å². The minimum atomic E-state index is 0.342. The fraction of sp³-hybridized carbons (Fsp3) is 0.214. The fourth-order valence-corrected chi connectivity index (χ4v) is 2.76. The van der Waals surface area contributed by atoms with E-state index in [4.69, 9.17) is 19.9 Å². The van der Waals surface area contributed by atoms with Gasteiger partial charge < -0.3 is 19.9 Å². The summed E-state index contributed by atoms with van der Waals surface area (Å²) in [6, 6.07) is 5.33. The van der Waals surface area contributed by atoms with Gasteiger partial charge >= 0.3 is 0 Å². The van der Waals surface area contributed by atoms with E-state index in [1.165, 1.54) is 11.3 Å². The zero-order chi connectivity index (χ0) is 14.8. The van der Waals surface area contributed by atoms with E-state index in [0.717, 1.165) is 10.7 Å². The van der Waals surface area contributed by atoms with Gasteiger partial charge in [0.05, 0.1) is 14.2 Å². The minimum Gasteiger partial charge on any atom is -0.496 e. The second kappa shape index (κ2) is 5.63. The Morgan fingerprint density at radius 3 is 2.43 bits per heavy atom. The lowest BCUT2D eigenvalue weighted by atomic mass is 10.3. The molecule has 0 aliphatic rings. The van der Waals surface area contributed by atoms with Crippen LogP contribution in [0.2, 0.25) is 0 Å². The summed E-state index contributed by atoms with van der Waals surface area (Å²) in [6.45, 7) is 0.342. The molecule has 0 radical (unpaired) electrons. The first kappa shape index (κ1) is 13.7. The molecule has 6 nitrogen and oxygen atoms in total. The molecule has 3 rings (SSSR count). The number of hydrogen-bond acceptors (Lipinski definition) is 6. The Labute approximate surface area is 125 Å². The molecule has 3 aromatic rings. The van der Waals surface area contributed by atoms with Gasteiger partial charge in [-0.15, -0.1) is 11.3 Å². The zero-order valence-corrected chi connectivity index (χ0v) is 12.5. The van der Waals surface area contributed by atoms with Crippen molar-refractivity contribution in [2.75, 3.05) is 14.2 Å². The molecule has 2 aromatic heterocycles. The quantitative estimate of drug-likeness (QED) is 0.784. The topological polar surface area (TPSA) is 71.0 Å². The summed E-state index contributed by atoms with van der Waals surface area (Å²) in [6.07, 6.45) is 1.92. The maximum atomic E-state index is 5.86. The molecule has 0 aliphatic carbocycles. The van der Waals surface area contributed by atoms with Gasteiger partial charge in [-0.2, -0.15) is 4.98 Å². The third-order valence-electron chi connectivity index (χ3n) is 3.06. The Kier molecular flexibility index (Phi) is 3.68. The van der Waals surface area contributed by atoms with Gasteiger partial charge in [0.2, 0.25) is 5.88 Å². The lowest BCUT2D eigenvalue weighted by molar-refractivity contribution is 0.384. The average molecular weight is 305 g/mol. The third kappa shape index (κ3) is 2.53. The van der Waals surface area contributed by atoms with Crippen LogP contribution in [0.15, 0.2) is 29.8 Å². The molecular weight excluding hydrogens is 290 g/mol. The van der Waals surface area contributed by atoms with E-state index in [9.17, 15) is 0 Å². The number of aromatic nitrogens is 2. The molecular formula is C14H15N3O3S. The summed E-state index contributed by atoms with van der Waals surface area (Å²) in [5, 5.41) is 1.96. The molecule has 0 fully saturated rings. The van der Waals surface area contributed by atoms with Crippen molar-refractivity contribution in [1.29, 1.82) is 0 Å². The lowest BCUT2D eigenvalue weighted by Crippen LogP contribution is -2.01. The van der Waals surface area contributed by atoms with Crippen LogP contribution >= 0.6 is 11.3 Å². The van der Waals surface area contributed by atoms with Gasteiger partial charge in [0.25, 0.3) is 0 Å². The Bertz CT molecular complexity index is 744. The summed E-state index contributed by atoms with van der Waals surface area (Å²) in [7, 11) is 3.19. The molecule has 2 heterocycles. The standard InChI is InChI=1S/C14H15N3O3S/c1-18-9-5-10(19-2)7-11(6-9)20-13-12(8-15)17-3-4-21-14(17)16-13/h3-7H,8,15H2,1-2H3. The Hall–Kier alpha value is -2.25. The summed E-state index contributed by atoms with van der Waals surface area (Å²) in [5.74, 6) is 2.39. The normalized spacial score (nSPS) is 10.8. The molecule has 1 aromatic carbocycles. The van der Waals surface area contributed by atoms with Crippen LogP contribution in [-0.4, -0.2) is 23.6 Å². The third-order valence-corrected chi connectivity index (χ3v) is 3.81. The second-order valence-electron chi connectivity index (χ2n) is 4.27. The second-order valence-corrected chi connectivity index (χ2v) is 5.15. The largest absolute Gasteiger partial charge is 0.496 e. The van der Waals surface area contributed by atoms with E-state index in [2.05, 4.69) is 4.98 Å². The van der Waals surface area contributed by atoms with Crippen molar-refractivity contribution in [1.82, 2.24) is 9.38 Å². The number of nitrogens with two attached hydrogens (primary N) is 1. The van der Waals surface area contributed by atoms with Gasteiger partial charge in [-0.05, 0) is 0 Å². The average Bonchev–Trinajstić information content (AvgIpc) is 3.07. The van der Waals surface area contributed by atoms with Crippen LogP contribution in [0.4, 0.5) is 0 Å². The molecule has 0 saturated heterocycles. The molecule has 0 unspecified atom stereocenters. The van der Waals surface area contributed by atoms with Gasteiger partial charge in [-0.1, -0.05) is 0 Å². The van der Waals surface area contributed by atoms with Gasteiger partial charge in [0.15, 0.2) is 4.96 Å². The molecule has 0 aliphatic heterocycles. The van der Waals surface area contributed by atoms with Crippen LogP contribution in [0.3, 0.4) is 0 Å². The summed E-state index contributed by atoms with van der Waals surface area (Å²) >= 11 is 1.53.